The van der Waals surface area contributed by atoms with E-state index >= 15 is 0 Å². The molecule has 0 radical (unpaired) electrons. The van der Waals surface area contributed by atoms with Crippen LogP contribution in [0.3, 0.4) is 0 Å². The molecule has 0 saturated carbocycles. The van der Waals surface area contributed by atoms with E-state index in [-0.39, 0.29) is 28.8 Å². The van der Waals surface area contributed by atoms with Crippen molar-refractivity contribution in [3.05, 3.63) is 53.8 Å². The van der Waals surface area contributed by atoms with Crippen molar-refractivity contribution in [2.24, 2.45) is 4.99 Å². The van der Waals surface area contributed by atoms with Crippen LogP contribution < -0.4 is 10.6 Å². The predicted molar refractivity (Wildman–Crippen MR) is 125 cm³/mol. The van der Waals surface area contributed by atoms with Crippen molar-refractivity contribution in [1.82, 2.24) is 4.90 Å². The standard InChI is InChI=1S/C25H31FN4O/c1-24(2)13-17(14-25(3,4)30(24)5)28-22-11-10-16(12-20(22)26)27-15-19-18-8-6-7-9-21(18)29-23(19)31/h6-12,15,17,19,28H,13-14H2,1-5H3,(H,29,31). The molecule has 2 aromatic rings. The first-order chi connectivity index (χ1) is 14.6. The molecule has 1 saturated heterocycles. The third-order valence-corrected chi connectivity index (χ3v) is 6.83. The molecule has 2 aromatic carbocycles. The number of likely N-dealkylation sites (tertiary alicyclic amines) is 1. The van der Waals surface area contributed by atoms with Gasteiger partial charge >= 0.3 is 0 Å². The second-order valence-corrected chi connectivity index (χ2v) is 9.93. The van der Waals surface area contributed by atoms with E-state index in [0.29, 0.717) is 11.4 Å². The lowest BCUT2D eigenvalue weighted by molar-refractivity contribution is -0.115. The van der Waals surface area contributed by atoms with Gasteiger partial charge in [-0.1, -0.05) is 18.2 Å². The maximum atomic E-state index is 14.9. The van der Waals surface area contributed by atoms with Gasteiger partial charge in [-0.15, -0.1) is 0 Å². The number of nitrogens with zero attached hydrogens (tertiary/aromatic N) is 2. The van der Waals surface area contributed by atoms with E-state index in [1.807, 2.05) is 24.3 Å². The summed E-state index contributed by atoms with van der Waals surface area (Å²) < 4.78 is 14.9. The predicted octanol–water partition coefficient (Wildman–Crippen LogP) is 5.33. The minimum atomic E-state index is -0.458. The molecule has 0 aromatic heterocycles. The third-order valence-electron chi connectivity index (χ3n) is 6.83. The number of aliphatic imine (C=N–C) groups is 1. The van der Waals surface area contributed by atoms with E-state index < -0.39 is 5.92 Å². The highest BCUT2D eigenvalue weighted by molar-refractivity contribution is 6.12. The first kappa shape index (κ1) is 21.5. The van der Waals surface area contributed by atoms with Crippen LogP contribution in [0.5, 0.6) is 0 Å². The van der Waals surface area contributed by atoms with Gasteiger partial charge in [-0.25, -0.2) is 4.39 Å². The van der Waals surface area contributed by atoms with Crippen LogP contribution in [0.25, 0.3) is 0 Å². The fraction of sp³-hybridized carbons (Fsp3) is 0.440. The van der Waals surface area contributed by atoms with E-state index in [4.69, 9.17) is 0 Å². The van der Waals surface area contributed by atoms with Crippen molar-refractivity contribution < 1.29 is 9.18 Å². The number of carbonyl (C=O) groups is 1. The van der Waals surface area contributed by atoms with Gasteiger partial charge in [0.1, 0.15) is 11.7 Å². The van der Waals surface area contributed by atoms with Crippen molar-refractivity contribution in [3.63, 3.8) is 0 Å². The maximum absolute atomic E-state index is 14.9. The molecule has 2 N–H and O–H groups in total. The van der Waals surface area contributed by atoms with Gasteiger partial charge in [0, 0.05) is 35.1 Å². The monoisotopic (exact) mass is 422 g/mol. The summed E-state index contributed by atoms with van der Waals surface area (Å²) >= 11 is 0. The van der Waals surface area contributed by atoms with Gasteiger partial charge in [0.05, 0.1) is 11.4 Å². The minimum absolute atomic E-state index is 0.0261. The number of nitrogens with one attached hydrogen (secondary N) is 2. The van der Waals surface area contributed by atoms with Crippen LogP contribution in [0.2, 0.25) is 0 Å². The zero-order valence-electron chi connectivity index (χ0n) is 18.9. The number of amides is 1. The SMILES string of the molecule is CN1C(C)(C)CC(Nc2ccc(N=CC3C(=O)Nc4ccccc43)cc2F)CC1(C)C. The molecular weight excluding hydrogens is 391 g/mol. The van der Waals surface area contributed by atoms with Crippen molar-refractivity contribution in [2.45, 2.75) is 63.6 Å². The van der Waals surface area contributed by atoms with Crippen LogP contribution in [-0.4, -0.2) is 41.2 Å². The minimum Gasteiger partial charge on any atom is -0.380 e. The quantitative estimate of drug-likeness (QED) is 0.655. The summed E-state index contributed by atoms with van der Waals surface area (Å²) in [6, 6.07) is 12.7. The molecule has 0 spiro atoms. The van der Waals surface area contributed by atoms with E-state index in [0.717, 1.165) is 24.1 Å². The third kappa shape index (κ3) is 4.22. The Kier molecular flexibility index (Phi) is 5.38. The fourth-order valence-corrected chi connectivity index (χ4v) is 4.94. The van der Waals surface area contributed by atoms with Crippen molar-refractivity contribution >= 4 is 29.2 Å². The lowest BCUT2D eigenvalue weighted by Crippen LogP contribution is -2.61. The van der Waals surface area contributed by atoms with Crippen LogP contribution in [0.1, 0.15) is 52.0 Å². The number of benzene rings is 2. The van der Waals surface area contributed by atoms with E-state index in [1.54, 1.807) is 18.3 Å². The largest absolute Gasteiger partial charge is 0.380 e. The molecule has 2 heterocycles. The molecule has 1 fully saturated rings. The molecule has 1 unspecified atom stereocenters. The van der Waals surface area contributed by atoms with Gasteiger partial charge in [0.15, 0.2) is 0 Å². The van der Waals surface area contributed by atoms with E-state index in [9.17, 15) is 9.18 Å². The molecule has 1 atom stereocenters. The lowest BCUT2D eigenvalue weighted by atomic mass is 9.77. The van der Waals surface area contributed by atoms with Gasteiger partial charge < -0.3 is 10.6 Å². The van der Waals surface area contributed by atoms with Gasteiger partial charge in [-0.05, 0) is 71.3 Å². The summed E-state index contributed by atoms with van der Waals surface area (Å²) in [5.41, 5.74) is 2.73. The van der Waals surface area contributed by atoms with Crippen LogP contribution in [0.15, 0.2) is 47.5 Å². The fourth-order valence-electron chi connectivity index (χ4n) is 4.94. The summed E-state index contributed by atoms with van der Waals surface area (Å²) in [4.78, 5) is 19.0. The molecule has 4 rings (SSSR count). The molecular formula is C25H31FN4O. The molecule has 5 nitrogen and oxygen atoms in total. The van der Waals surface area contributed by atoms with Crippen molar-refractivity contribution in [3.8, 4) is 0 Å². The highest BCUT2D eigenvalue weighted by atomic mass is 19.1. The molecule has 1 amide bonds. The Balaban J connectivity index is 1.48. The first-order valence-corrected chi connectivity index (χ1v) is 10.8. The number of carbonyl (C=O) groups excluding carboxylic acids is 1. The zero-order valence-corrected chi connectivity index (χ0v) is 18.9. The number of rotatable bonds is 4. The normalized spacial score (nSPS) is 23.0. The summed E-state index contributed by atoms with van der Waals surface area (Å²) in [6.45, 7) is 8.92. The molecule has 0 bridgehead atoms. The molecule has 2 aliphatic rings. The number of halogens is 1. The van der Waals surface area contributed by atoms with Crippen LogP contribution in [0, 0.1) is 5.82 Å². The Morgan fingerprint density at radius 1 is 1.13 bits per heavy atom. The number of piperidine rings is 1. The number of hydrogen-bond acceptors (Lipinski definition) is 4. The molecule has 6 heteroatoms. The second kappa shape index (κ2) is 7.75. The highest BCUT2D eigenvalue weighted by Gasteiger charge is 2.43. The summed E-state index contributed by atoms with van der Waals surface area (Å²) in [7, 11) is 2.16. The lowest BCUT2D eigenvalue weighted by Gasteiger charge is -2.53. The Morgan fingerprint density at radius 2 is 1.81 bits per heavy atom. The van der Waals surface area contributed by atoms with Gasteiger partial charge in [0.25, 0.3) is 0 Å². The Bertz CT molecular complexity index is 1010. The topological polar surface area (TPSA) is 56.7 Å². The number of anilines is 2. The maximum Gasteiger partial charge on any atom is 0.237 e. The first-order valence-electron chi connectivity index (χ1n) is 10.8. The van der Waals surface area contributed by atoms with Gasteiger partial charge in [-0.3, -0.25) is 14.7 Å². The van der Waals surface area contributed by atoms with Crippen molar-refractivity contribution in [1.29, 1.82) is 0 Å². The van der Waals surface area contributed by atoms with Crippen LogP contribution in [-0.2, 0) is 4.79 Å². The highest BCUT2D eigenvalue weighted by Crippen LogP contribution is 2.38. The average Bonchev–Trinajstić information content (AvgIpc) is 3.01. The summed E-state index contributed by atoms with van der Waals surface area (Å²) in [6.07, 6.45) is 3.45. The van der Waals surface area contributed by atoms with Crippen LogP contribution >= 0.6 is 0 Å². The number of hydrogen-bond donors (Lipinski definition) is 2. The summed E-state index contributed by atoms with van der Waals surface area (Å²) in [5.74, 6) is -0.905. The number of para-hydroxylation sites is 1. The van der Waals surface area contributed by atoms with E-state index in [2.05, 4.69) is 55.3 Å². The van der Waals surface area contributed by atoms with E-state index in [1.165, 1.54) is 6.07 Å². The molecule has 2 aliphatic heterocycles. The molecule has 31 heavy (non-hydrogen) atoms. The molecule has 164 valence electrons. The Hall–Kier alpha value is -2.73. The Morgan fingerprint density at radius 3 is 2.48 bits per heavy atom. The molecule has 0 aliphatic carbocycles. The van der Waals surface area contributed by atoms with Crippen molar-refractivity contribution in [2.75, 3.05) is 17.7 Å². The summed E-state index contributed by atoms with van der Waals surface area (Å²) in [5, 5.41) is 6.26. The van der Waals surface area contributed by atoms with Crippen LogP contribution in [0.4, 0.5) is 21.5 Å². The zero-order chi connectivity index (χ0) is 22.4. The second-order valence-electron chi connectivity index (χ2n) is 9.93. The smallest absolute Gasteiger partial charge is 0.237 e. The Labute approximate surface area is 183 Å². The average molecular weight is 423 g/mol. The van der Waals surface area contributed by atoms with Gasteiger partial charge in [-0.2, -0.15) is 0 Å². The van der Waals surface area contributed by atoms with Gasteiger partial charge in [0.2, 0.25) is 5.91 Å². The number of fused-ring (bicyclic) bond motifs is 1.